The van der Waals surface area contributed by atoms with Gasteiger partial charge in [-0.15, -0.1) is 0 Å². The van der Waals surface area contributed by atoms with Crippen molar-refractivity contribution in [2.45, 2.75) is 79.1 Å². The first kappa shape index (κ1) is 20.2. The smallest absolute Gasteiger partial charge is 0.115 e. The van der Waals surface area contributed by atoms with Gasteiger partial charge in [-0.05, 0) is 29.7 Å². The molecule has 0 atom stereocenters. The predicted octanol–water partition coefficient (Wildman–Crippen LogP) is 5.45. The van der Waals surface area contributed by atoms with E-state index in [9.17, 15) is 0 Å². The molecule has 2 aromatic heterocycles. The van der Waals surface area contributed by atoms with Crippen LogP contribution >= 0.6 is 0 Å². The first-order valence-electron chi connectivity index (χ1n) is 8.86. The van der Waals surface area contributed by atoms with Crippen molar-refractivity contribution in [2.75, 3.05) is 0 Å². The molecule has 4 heteroatoms. The summed E-state index contributed by atoms with van der Waals surface area (Å²) in [5, 5.41) is 0. The number of aromatic nitrogens is 4. The van der Waals surface area contributed by atoms with Gasteiger partial charge in [0, 0.05) is 23.8 Å². The van der Waals surface area contributed by atoms with E-state index >= 15 is 0 Å². The summed E-state index contributed by atoms with van der Waals surface area (Å²) in [6.45, 7) is 17.1. The zero-order chi connectivity index (χ0) is 18.3. The highest BCUT2D eigenvalue weighted by Gasteiger charge is 2.06. The largest absolute Gasteiger partial charge is 0.261 e. The third-order valence-electron chi connectivity index (χ3n) is 3.75. The maximum absolute atomic E-state index is 4.51. The lowest BCUT2D eigenvalue weighted by Crippen LogP contribution is -2.00. The molecule has 0 unspecified atom stereocenters. The molecule has 4 nitrogen and oxygen atoms in total. The summed E-state index contributed by atoms with van der Waals surface area (Å²) in [5.41, 5.74) is 4.44. The van der Waals surface area contributed by atoms with Crippen molar-refractivity contribution >= 4 is 0 Å². The van der Waals surface area contributed by atoms with Crippen LogP contribution in [-0.4, -0.2) is 19.9 Å². The van der Waals surface area contributed by atoms with Crippen molar-refractivity contribution in [1.29, 1.82) is 0 Å². The van der Waals surface area contributed by atoms with Crippen molar-refractivity contribution in [3.05, 3.63) is 47.6 Å². The highest BCUT2D eigenvalue weighted by molar-refractivity contribution is 5.13. The lowest BCUT2D eigenvalue weighted by atomic mass is 10.1. The van der Waals surface area contributed by atoms with E-state index in [0.717, 1.165) is 22.8 Å². The summed E-state index contributed by atoms with van der Waals surface area (Å²) < 4.78 is 0. The van der Waals surface area contributed by atoms with E-state index < -0.39 is 0 Å². The van der Waals surface area contributed by atoms with E-state index in [1.165, 1.54) is 0 Å². The molecule has 0 saturated heterocycles. The fourth-order valence-corrected chi connectivity index (χ4v) is 1.97. The monoisotopic (exact) mass is 328 g/mol. The third-order valence-corrected chi connectivity index (χ3v) is 3.75. The van der Waals surface area contributed by atoms with Gasteiger partial charge >= 0.3 is 0 Å². The molecule has 0 aromatic carbocycles. The Morgan fingerprint density at radius 1 is 0.583 bits per heavy atom. The van der Waals surface area contributed by atoms with Crippen LogP contribution in [0.1, 0.15) is 102 Å². The molecule has 2 rings (SSSR count). The summed E-state index contributed by atoms with van der Waals surface area (Å²) in [4.78, 5) is 17.1. The van der Waals surface area contributed by atoms with Crippen LogP contribution in [0.5, 0.6) is 0 Å². The molecule has 0 spiro atoms. The summed E-state index contributed by atoms with van der Waals surface area (Å²) >= 11 is 0. The molecule has 0 aliphatic carbocycles. The maximum atomic E-state index is 4.51. The Morgan fingerprint density at radius 2 is 0.958 bits per heavy atom. The number of rotatable bonds is 4. The molecular formula is C20H32N4. The van der Waals surface area contributed by atoms with Crippen molar-refractivity contribution in [2.24, 2.45) is 0 Å². The Labute approximate surface area is 147 Å². The van der Waals surface area contributed by atoms with Crippen LogP contribution in [-0.2, 0) is 0 Å². The molecule has 0 N–H and O–H groups in total. The Hall–Kier alpha value is -1.84. The van der Waals surface area contributed by atoms with Crippen LogP contribution in [0.3, 0.4) is 0 Å². The van der Waals surface area contributed by atoms with E-state index in [4.69, 9.17) is 0 Å². The van der Waals surface area contributed by atoms with Crippen molar-refractivity contribution in [1.82, 2.24) is 19.9 Å². The van der Waals surface area contributed by atoms with Gasteiger partial charge in [0.25, 0.3) is 0 Å². The van der Waals surface area contributed by atoms with Crippen LogP contribution in [0, 0.1) is 0 Å². The summed E-state index contributed by atoms with van der Waals surface area (Å²) in [6.07, 6.45) is 5.34. The van der Waals surface area contributed by atoms with Gasteiger partial charge in [0.05, 0.1) is 11.4 Å². The van der Waals surface area contributed by atoms with E-state index in [1.807, 2.05) is 12.4 Å². The second kappa shape index (κ2) is 9.45. The van der Waals surface area contributed by atoms with E-state index in [2.05, 4.69) is 81.4 Å². The zero-order valence-electron chi connectivity index (χ0n) is 16.4. The van der Waals surface area contributed by atoms with E-state index in [0.29, 0.717) is 23.7 Å². The SMILES string of the molecule is CC(C)c1cc(C(C)C)ncn1.CC(C)c1cncc(C(C)C)n1. The van der Waals surface area contributed by atoms with E-state index in [-0.39, 0.29) is 0 Å². The second-order valence-electron chi connectivity index (χ2n) is 7.36. The zero-order valence-corrected chi connectivity index (χ0v) is 16.4. The number of hydrogen-bond donors (Lipinski definition) is 0. The topological polar surface area (TPSA) is 51.6 Å². The molecule has 0 saturated carbocycles. The average molecular weight is 329 g/mol. The van der Waals surface area contributed by atoms with Gasteiger partial charge in [-0.2, -0.15) is 0 Å². The van der Waals surface area contributed by atoms with Gasteiger partial charge in [0.2, 0.25) is 0 Å². The molecule has 0 amide bonds. The molecule has 2 aromatic rings. The Bertz CT molecular complexity index is 517. The predicted molar refractivity (Wildman–Crippen MR) is 100 cm³/mol. The highest BCUT2D eigenvalue weighted by atomic mass is 14.8. The molecule has 132 valence electrons. The molecule has 0 fully saturated rings. The van der Waals surface area contributed by atoms with Gasteiger partial charge in [-0.1, -0.05) is 55.4 Å². The first-order chi connectivity index (χ1) is 11.2. The van der Waals surface area contributed by atoms with Crippen LogP contribution in [0.2, 0.25) is 0 Å². The summed E-state index contributed by atoms with van der Waals surface area (Å²) in [5.74, 6) is 1.92. The molecular weight excluding hydrogens is 296 g/mol. The number of nitrogens with zero attached hydrogens (tertiary/aromatic N) is 4. The lowest BCUT2D eigenvalue weighted by Gasteiger charge is -2.07. The molecule has 0 aliphatic rings. The van der Waals surface area contributed by atoms with Crippen molar-refractivity contribution < 1.29 is 0 Å². The minimum Gasteiger partial charge on any atom is -0.261 e. The van der Waals surface area contributed by atoms with Crippen LogP contribution in [0.4, 0.5) is 0 Å². The average Bonchev–Trinajstić information content (AvgIpc) is 2.55. The Balaban J connectivity index is 0.000000240. The Kier molecular flexibility index (Phi) is 7.96. The quantitative estimate of drug-likeness (QED) is 0.749. The highest BCUT2D eigenvalue weighted by Crippen LogP contribution is 2.16. The first-order valence-corrected chi connectivity index (χ1v) is 8.86. The molecule has 0 aliphatic heterocycles. The molecule has 24 heavy (non-hydrogen) atoms. The Morgan fingerprint density at radius 3 is 1.29 bits per heavy atom. The van der Waals surface area contributed by atoms with Crippen LogP contribution in [0.25, 0.3) is 0 Å². The third kappa shape index (κ3) is 6.34. The van der Waals surface area contributed by atoms with Crippen LogP contribution in [0.15, 0.2) is 24.8 Å². The fraction of sp³-hybridized carbons (Fsp3) is 0.600. The van der Waals surface area contributed by atoms with Crippen molar-refractivity contribution in [3.63, 3.8) is 0 Å². The molecule has 2 heterocycles. The van der Waals surface area contributed by atoms with Gasteiger partial charge in [0.15, 0.2) is 0 Å². The van der Waals surface area contributed by atoms with Crippen molar-refractivity contribution in [3.8, 4) is 0 Å². The van der Waals surface area contributed by atoms with Gasteiger partial charge < -0.3 is 0 Å². The normalized spacial score (nSPS) is 11.2. The molecule has 0 bridgehead atoms. The minimum atomic E-state index is 0.469. The standard InChI is InChI=1S/2C10H16N2/c1-7(2)9-5-11-6-10(12-9)8(3)4;1-7(2)9-5-10(8(3)4)12-6-11-9/h2*5-8H,1-4H3. The van der Waals surface area contributed by atoms with Gasteiger partial charge in [-0.25, -0.2) is 9.97 Å². The summed E-state index contributed by atoms with van der Waals surface area (Å²) in [7, 11) is 0. The van der Waals surface area contributed by atoms with Crippen LogP contribution < -0.4 is 0 Å². The lowest BCUT2D eigenvalue weighted by molar-refractivity contribution is 0.751. The maximum Gasteiger partial charge on any atom is 0.115 e. The van der Waals surface area contributed by atoms with E-state index in [1.54, 1.807) is 6.33 Å². The summed E-state index contributed by atoms with van der Waals surface area (Å²) in [6, 6.07) is 2.09. The van der Waals surface area contributed by atoms with Gasteiger partial charge in [0.1, 0.15) is 6.33 Å². The van der Waals surface area contributed by atoms with Gasteiger partial charge in [-0.3, -0.25) is 9.97 Å². The number of hydrogen-bond acceptors (Lipinski definition) is 4. The fourth-order valence-electron chi connectivity index (χ4n) is 1.97. The minimum absolute atomic E-state index is 0.469. The molecule has 0 radical (unpaired) electrons. The second-order valence-corrected chi connectivity index (χ2v) is 7.36.